The van der Waals surface area contributed by atoms with Gasteiger partial charge in [0.25, 0.3) is 5.91 Å². The average Bonchev–Trinajstić information content (AvgIpc) is 2.56. The number of carbonyl (C=O) groups excluding carboxylic acids is 1. The zero-order valence-corrected chi connectivity index (χ0v) is 10.6. The zero-order valence-electron chi connectivity index (χ0n) is 9.74. The topological polar surface area (TPSA) is 58.6 Å². The van der Waals surface area contributed by atoms with Gasteiger partial charge in [0.1, 0.15) is 0 Å². The Balaban J connectivity index is 2.46. The van der Waals surface area contributed by atoms with E-state index in [-0.39, 0.29) is 19.1 Å². The van der Waals surface area contributed by atoms with Crippen molar-refractivity contribution in [1.82, 2.24) is 5.32 Å². The van der Waals surface area contributed by atoms with Gasteiger partial charge in [-0.05, 0) is 25.5 Å². The van der Waals surface area contributed by atoms with Gasteiger partial charge in [-0.2, -0.15) is 0 Å². The second-order valence-corrected chi connectivity index (χ2v) is 4.93. The van der Waals surface area contributed by atoms with Crippen LogP contribution in [0.1, 0.15) is 20.1 Å². The van der Waals surface area contributed by atoms with Gasteiger partial charge in [0.15, 0.2) is 0 Å². The first-order chi connectivity index (χ1) is 7.54. The first-order valence-electron chi connectivity index (χ1n) is 5.06. The number of hydrogen-bond donors (Lipinski definition) is 2. The molecule has 0 fully saturated rings. The van der Waals surface area contributed by atoms with Gasteiger partial charge < -0.3 is 15.2 Å². The monoisotopic (exact) mass is 243 g/mol. The van der Waals surface area contributed by atoms with Crippen molar-refractivity contribution in [2.24, 2.45) is 0 Å². The molecule has 1 heterocycles. The van der Waals surface area contributed by atoms with Crippen molar-refractivity contribution in [3.8, 4) is 0 Å². The van der Waals surface area contributed by atoms with Crippen LogP contribution < -0.4 is 5.32 Å². The van der Waals surface area contributed by atoms with Gasteiger partial charge >= 0.3 is 0 Å². The number of aliphatic hydroxyl groups excluding tert-OH is 1. The number of thiophene rings is 1. The molecule has 2 N–H and O–H groups in total. The van der Waals surface area contributed by atoms with Gasteiger partial charge in [0, 0.05) is 18.5 Å². The van der Waals surface area contributed by atoms with Crippen LogP contribution in [0.2, 0.25) is 0 Å². The summed E-state index contributed by atoms with van der Waals surface area (Å²) >= 11 is 1.46. The SMILES string of the molecule is COCC(O)CNC(=O)c1cc(C)c(C)s1. The molecule has 1 amide bonds. The molecule has 0 saturated heterocycles. The standard InChI is InChI=1S/C11H17NO3S/c1-7-4-10(16-8(7)2)11(14)12-5-9(13)6-15-3/h4,9,13H,5-6H2,1-3H3,(H,12,14). The van der Waals surface area contributed by atoms with Crippen molar-refractivity contribution in [1.29, 1.82) is 0 Å². The van der Waals surface area contributed by atoms with E-state index in [9.17, 15) is 9.90 Å². The average molecular weight is 243 g/mol. The molecule has 1 aromatic rings. The molecule has 1 aromatic heterocycles. The number of hydrogen-bond acceptors (Lipinski definition) is 4. The molecule has 90 valence electrons. The maximum Gasteiger partial charge on any atom is 0.261 e. The van der Waals surface area contributed by atoms with E-state index >= 15 is 0 Å². The summed E-state index contributed by atoms with van der Waals surface area (Å²) in [5, 5.41) is 12.0. The van der Waals surface area contributed by atoms with Crippen molar-refractivity contribution in [2.45, 2.75) is 20.0 Å². The van der Waals surface area contributed by atoms with Crippen LogP contribution in [0.5, 0.6) is 0 Å². The van der Waals surface area contributed by atoms with Crippen molar-refractivity contribution in [3.63, 3.8) is 0 Å². The summed E-state index contributed by atoms with van der Waals surface area (Å²) in [6.07, 6.45) is -0.656. The molecule has 0 radical (unpaired) electrons. The summed E-state index contributed by atoms with van der Waals surface area (Å²) in [4.78, 5) is 13.5. The fraction of sp³-hybridized carbons (Fsp3) is 0.545. The molecule has 0 aliphatic rings. The van der Waals surface area contributed by atoms with E-state index < -0.39 is 6.10 Å². The predicted octanol–water partition coefficient (Wildman–Crippen LogP) is 1.10. The minimum atomic E-state index is -0.656. The Hall–Kier alpha value is -0.910. The Morgan fingerprint density at radius 3 is 2.81 bits per heavy atom. The van der Waals surface area contributed by atoms with Crippen molar-refractivity contribution >= 4 is 17.2 Å². The molecule has 5 heteroatoms. The zero-order chi connectivity index (χ0) is 12.1. The van der Waals surface area contributed by atoms with Crippen molar-refractivity contribution in [2.75, 3.05) is 20.3 Å². The van der Waals surface area contributed by atoms with Crippen LogP contribution in [0.15, 0.2) is 6.07 Å². The van der Waals surface area contributed by atoms with Crippen molar-refractivity contribution in [3.05, 3.63) is 21.4 Å². The highest BCUT2D eigenvalue weighted by molar-refractivity contribution is 7.14. The third-order valence-corrected chi connectivity index (χ3v) is 3.40. The van der Waals surface area contributed by atoms with Gasteiger partial charge in [-0.25, -0.2) is 0 Å². The fourth-order valence-electron chi connectivity index (χ4n) is 1.23. The summed E-state index contributed by atoms with van der Waals surface area (Å²) < 4.78 is 4.77. The van der Waals surface area contributed by atoms with E-state index in [0.29, 0.717) is 4.88 Å². The fourth-order valence-corrected chi connectivity index (χ4v) is 2.18. The lowest BCUT2D eigenvalue weighted by Crippen LogP contribution is -2.33. The molecule has 0 saturated carbocycles. The molecule has 0 aliphatic heterocycles. The first kappa shape index (κ1) is 13.2. The van der Waals surface area contributed by atoms with E-state index in [1.807, 2.05) is 19.9 Å². The molecular formula is C11H17NO3S. The van der Waals surface area contributed by atoms with Crippen LogP contribution in [-0.4, -0.2) is 37.4 Å². The lowest BCUT2D eigenvalue weighted by atomic mass is 10.3. The number of carbonyl (C=O) groups is 1. The maximum absolute atomic E-state index is 11.7. The third kappa shape index (κ3) is 3.59. The number of rotatable bonds is 5. The number of aliphatic hydroxyl groups is 1. The Morgan fingerprint density at radius 2 is 2.31 bits per heavy atom. The number of methoxy groups -OCH3 is 1. The van der Waals surface area contributed by atoms with Gasteiger partial charge in [0.2, 0.25) is 0 Å². The number of ether oxygens (including phenoxy) is 1. The Morgan fingerprint density at radius 1 is 1.62 bits per heavy atom. The highest BCUT2D eigenvalue weighted by atomic mass is 32.1. The maximum atomic E-state index is 11.7. The van der Waals surface area contributed by atoms with E-state index in [2.05, 4.69) is 5.32 Å². The number of nitrogens with one attached hydrogen (secondary N) is 1. The molecule has 1 atom stereocenters. The molecule has 4 nitrogen and oxygen atoms in total. The molecular weight excluding hydrogens is 226 g/mol. The molecule has 1 unspecified atom stereocenters. The molecule has 16 heavy (non-hydrogen) atoms. The van der Waals surface area contributed by atoms with E-state index in [4.69, 9.17) is 4.74 Å². The van der Waals surface area contributed by atoms with Gasteiger partial charge in [-0.15, -0.1) is 11.3 Å². The van der Waals surface area contributed by atoms with E-state index in [0.717, 1.165) is 10.4 Å². The minimum Gasteiger partial charge on any atom is -0.389 e. The normalized spacial score (nSPS) is 12.5. The van der Waals surface area contributed by atoms with Crippen molar-refractivity contribution < 1.29 is 14.6 Å². The largest absolute Gasteiger partial charge is 0.389 e. The lowest BCUT2D eigenvalue weighted by molar-refractivity contribution is 0.0611. The Labute approximate surface area is 99.2 Å². The summed E-state index contributed by atoms with van der Waals surface area (Å²) in [5.41, 5.74) is 1.12. The summed E-state index contributed by atoms with van der Waals surface area (Å²) in [5.74, 6) is -0.142. The summed E-state index contributed by atoms with van der Waals surface area (Å²) in [6, 6.07) is 1.86. The van der Waals surface area contributed by atoms with Crippen LogP contribution in [0.4, 0.5) is 0 Å². The van der Waals surface area contributed by atoms with Gasteiger partial charge in [-0.3, -0.25) is 4.79 Å². The van der Waals surface area contributed by atoms with Crippen LogP contribution in [-0.2, 0) is 4.74 Å². The lowest BCUT2D eigenvalue weighted by Gasteiger charge is -2.09. The van der Waals surface area contributed by atoms with Crippen LogP contribution in [0.3, 0.4) is 0 Å². The quantitative estimate of drug-likeness (QED) is 0.814. The summed E-state index contributed by atoms with van der Waals surface area (Å²) in [6.45, 7) is 4.39. The van der Waals surface area contributed by atoms with Gasteiger partial charge in [-0.1, -0.05) is 0 Å². The first-order valence-corrected chi connectivity index (χ1v) is 5.88. The molecule has 0 spiro atoms. The number of aryl methyl sites for hydroxylation is 2. The van der Waals surface area contributed by atoms with Crippen LogP contribution >= 0.6 is 11.3 Å². The Bertz CT molecular complexity index is 343. The number of amides is 1. The molecule has 0 aliphatic carbocycles. The van der Waals surface area contributed by atoms with E-state index in [1.54, 1.807) is 0 Å². The molecule has 1 rings (SSSR count). The van der Waals surface area contributed by atoms with Crippen LogP contribution in [0.25, 0.3) is 0 Å². The molecule has 0 bridgehead atoms. The second-order valence-electron chi connectivity index (χ2n) is 3.67. The third-order valence-electron chi connectivity index (χ3n) is 2.25. The van der Waals surface area contributed by atoms with Gasteiger partial charge in [0.05, 0.1) is 17.6 Å². The summed E-state index contributed by atoms with van der Waals surface area (Å²) in [7, 11) is 1.51. The molecule has 0 aromatic carbocycles. The highest BCUT2D eigenvalue weighted by Crippen LogP contribution is 2.20. The van der Waals surface area contributed by atoms with Crippen LogP contribution in [0, 0.1) is 13.8 Å². The predicted molar refractivity (Wildman–Crippen MR) is 64.0 cm³/mol. The Kier molecular flexibility index (Phi) is 4.92. The smallest absolute Gasteiger partial charge is 0.261 e. The second kappa shape index (κ2) is 5.98. The van der Waals surface area contributed by atoms with E-state index in [1.165, 1.54) is 18.4 Å². The minimum absolute atomic E-state index is 0.142. The highest BCUT2D eigenvalue weighted by Gasteiger charge is 2.11.